The predicted molar refractivity (Wildman–Crippen MR) is 83.2 cm³/mol. The van der Waals surface area contributed by atoms with Gasteiger partial charge in [0.05, 0.1) is 5.56 Å². The summed E-state index contributed by atoms with van der Waals surface area (Å²) in [6, 6.07) is 5.11. The van der Waals surface area contributed by atoms with Gasteiger partial charge in [-0.1, -0.05) is 23.1 Å². The van der Waals surface area contributed by atoms with Gasteiger partial charge in [0.15, 0.2) is 0 Å². The van der Waals surface area contributed by atoms with E-state index < -0.39 is 22.1 Å². The molecule has 0 bridgehead atoms. The lowest BCUT2D eigenvalue weighted by Gasteiger charge is -2.36. The molecule has 5 nitrogen and oxygen atoms in total. The number of halogens is 1. The zero-order chi connectivity index (χ0) is 17.1. The fourth-order valence-electron chi connectivity index (χ4n) is 2.94. The average Bonchev–Trinajstić information content (AvgIpc) is 2.47. The number of hydrogen-bond acceptors (Lipinski definition) is 5. The van der Waals surface area contributed by atoms with Gasteiger partial charge in [-0.15, -0.1) is 0 Å². The van der Waals surface area contributed by atoms with Crippen LogP contribution in [0, 0.1) is 5.92 Å². The van der Waals surface area contributed by atoms with Crippen molar-refractivity contribution >= 4 is 16.5 Å². The van der Waals surface area contributed by atoms with Crippen molar-refractivity contribution in [1.82, 2.24) is 0 Å². The molecule has 0 aliphatic heterocycles. The van der Waals surface area contributed by atoms with Crippen molar-refractivity contribution < 1.29 is 26.0 Å². The highest BCUT2D eigenvalue weighted by Crippen LogP contribution is 2.35. The topological polar surface area (TPSA) is 69.7 Å². The van der Waals surface area contributed by atoms with Crippen LogP contribution in [0.5, 0.6) is 5.75 Å². The number of ether oxygens (including phenoxy) is 1. The average molecular weight is 344 g/mol. The number of esters is 1. The molecule has 0 atom stereocenters. The number of carbonyl (C=O) groups excluding carboxylic acids is 1. The summed E-state index contributed by atoms with van der Waals surface area (Å²) in [5, 5.41) is 0. The molecule has 7 heteroatoms. The van der Waals surface area contributed by atoms with E-state index in [1.54, 1.807) is 0 Å². The summed E-state index contributed by atoms with van der Waals surface area (Å²) in [4.78, 5) is 12.2. The van der Waals surface area contributed by atoms with Crippen LogP contribution in [0.2, 0.25) is 0 Å². The van der Waals surface area contributed by atoms with Crippen LogP contribution in [-0.4, -0.2) is 20.0 Å². The number of benzene rings is 1. The van der Waals surface area contributed by atoms with Gasteiger partial charge in [0.2, 0.25) is 0 Å². The largest absolute Gasteiger partial charge is 0.488 e. The van der Waals surface area contributed by atoms with Crippen molar-refractivity contribution in [2.24, 2.45) is 5.92 Å². The molecule has 1 aliphatic carbocycles. The van der Waals surface area contributed by atoms with Crippen molar-refractivity contribution in [3.8, 4) is 5.75 Å². The summed E-state index contributed by atoms with van der Waals surface area (Å²) in [6.45, 7) is 3.82. The Labute approximate surface area is 136 Å². The van der Waals surface area contributed by atoms with Gasteiger partial charge in [0, 0.05) is 0 Å². The van der Waals surface area contributed by atoms with E-state index in [0.717, 1.165) is 25.7 Å². The van der Waals surface area contributed by atoms with Gasteiger partial charge < -0.3 is 8.92 Å². The third-order valence-corrected chi connectivity index (χ3v) is 4.62. The van der Waals surface area contributed by atoms with E-state index in [1.165, 1.54) is 30.7 Å². The standard InChI is InChI=1S/C16H21FO5S/c1-16(2,13-6-4-3-5-7-13)21-15(18)12-8-10-14(11-9-12)22-23(17,19)20/h8-11,13H,3-7H2,1-2H3. The smallest absolute Gasteiger partial charge is 0.456 e. The van der Waals surface area contributed by atoms with Crippen molar-refractivity contribution in [2.45, 2.75) is 51.6 Å². The normalized spacial score (nSPS) is 16.8. The highest BCUT2D eigenvalue weighted by molar-refractivity contribution is 7.81. The first kappa shape index (κ1) is 17.7. The Kier molecular flexibility index (Phi) is 5.29. The molecule has 0 spiro atoms. The Balaban J connectivity index is 2.02. The van der Waals surface area contributed by atoms with E-state index >= 15 is 0 Å². The number of hydrogen-bond donors (Lipinski definition) is 0. The Hall–Kier alpha value is -1.63. The molecule has 1 aromatic carbocycles. The maximum atomic E-state index is 12.4. The zero-order valence-corrected chi connectivity index (χ0v) is 14.1. The van der Waals surface area contributed by atoms with E-state index in [-0.39, 0.29) is 11.3 Å². The molecular weight excluding hydrogens is 323 g/mol. The minimum absolute atomic E-state index is 0.199. The maximum Gasteiger partial charge on any atom is 0.488 e. The van der Waals surface area contributed by atoms with Gasteiger partial charge in [0.25, 0.3) is 0 Å². The second kappa shape index (κ2) is 6.86. The second-order valence-corrected chi connectivity index (χ2v) is 7.28. The van der Waals surface area contributed by atoms with Crippen molar-refractivity contribution in [3.05, 3.63) is 29.8 Å². The van der Waals surface area contributed by atoms with Crippen LogP contribution in [0.25, 0.3) is 0 Å². The Bertz CT molecular complexity index is 646. The summed E-state index contributed by atoms with van der Waals surface area (Å²) in [5.41, 5.74) is -0.299. The molecule has 0 saturated heterocycles. The molecular formula is C16H21FO5S. The van der Waals surface area contributed by atoms with E-state index in [4.69, 9.17) is 4.74 Å². The number of rotatable bonds is 5. The van der Waals surface area contributed by atoms with Crippen LogP contribution in [0.15, 0.2) is 24.3 Å². The molecule has 0 heterocycles. The second-order valence-electron chi connectivity index (χ2n) is 6.33. The molecule has 0 amide bonds. The molecule has 1 saturated carbocycles. The maximum absolute atomic E-state index is 12.4. The molecule has 0 aromatic heterocycles. The van der Waals surface area contributed by atoms with Gasteiger partial charge >= 0.3 is 16.5 Å². The van der Waals surface area contributed by atoms with Gasteiger partial charge in [-0.25, -0.2) is 4.79 Å². The van der Waals surface area contributed by atoms with Gasteiger partial charge in [-0.05, 0) is 56.9 Å². The third-order valence-electron chi connectivity index (χ3n) is 4.23. The summed E-state index contributed by atoms with van der Waals surface area (Å²) in [6.07, 6.45) is 5.60. The van der Waals surface area contributed by atoms with E-state index in [9.17, 15) is 17.1 Å². The van der Waals surface area contributed by atoms with E-state index in [1.807, 2.05) is 13.8 Å². The first-order valence-corrected chi connectivity index (χ1v) is 8.96. The van der Waals surface area contributed by atoms with Crippen LogP contribution in [0.4, 0.5) is 3.89 Å². The molecule has 0 N–H and O–H groups in total. The van der Waals surface area contributed by atoms with Crippen LogP contribution in [-0.2, 0) is 15.2 Å². The molecule has 1 aromatic rings. The molecule has 1 fully saturated rings. The van der Waals surface area contributed by atoms with Crippen LogP contribution >= 0.6 is 0 Å². The molecule has 2 rings (SSSR count). The molecule has 1 aliphatic rings. The zero-order valence-electron chi connectivity index (χ0n) is 13.2. The molecule has 23 heavy (non-hydrogen) atoms. The highest BCUT2D eigenvalue weighted by Gasteiger charge is 2.34. The lowest BCUT2D eigenvalue weighted by atomic mass is 9.79. The van der Waals surface area contributed by atoms with Gasteiger partial charge in [-0.2, -0.15) is 8.42 Å². The molecule has 0 radical (unpaired) electrons. The molecule has 0 unspecified atom stereocenters. The van der Waals surface area contributed by atoms with E-state index in [0.29, 0.717) is 5.92 Å². The minimum Gasteiger partial charge on any atom is -0.456 e. The van der Waals surface area contributed by atoms with Crippen LogP contribution in [0.3, 0.4) is 0 Å². The van der Waals surface area contributed by atoms with Crippen LogP contribution in [0.1, 0.15) is 56.3 Å². The summed E-state index contributed by atoms with van der Waals surface area (Å²) < 4.78 is 42.9. The summed E-state index contributed by atoms with van der Waals surface area (Å²) >= 11 is 0. The summed E-state index contributed by atoms with van der Waals surface area (Å²) in [7, 11) is -5.07. The van der Waals surface area contributed by atoms with Crippen molar-refractivity contribution in [1.29, 1.82) is 0 Å². The lowest BCUT2D eigenvalue weighted by molar-refractivity contribution is -0.0384. The van der Waals surface area contributed by atoms with Crippen LogP contribution < -0.4 is 4.18 Å². The van der Waals surface area contributed by atoms with E-state index in [2.05, 4.69) is 4.18 Å². The SMILES string of the molecule is CC(C)(OC(=O)c1ccc(OS(=O)(=O)F)cc1)C1CCCCC1. The lowest BCUT2D eigenvalue weighted by Crippen LogP contribution is -2.37. The Morgan fingerprint density at radius 2 is 1.70 bits per heavy atom. The minimum atomic E-state index is -5.07. The van der Waals surface area contributed by atoms with Crippen molar-refractivity contribution in [3.63, 3.8) is 0 Å². The predicted octanol–water partition coefficient (Wildman–Crippen LogP) is 3.80. The first-order valence-electron chi connectivity index (χ1n) is 7.65. The number of carbonyl (C=O) groups is 1. The first-order chi connectivity index (χ1) is 10.7. The Morgan fingerprint density at radius 3 is 2.22 bits per heavy atom. The fraction of sp³-hybridized carbons (Fsp3) is 0.562. The van der Waals surface area contributed by atoms with Crippen molar-refractivity contribution in [2.75, 3.05) is 0 Å². The Morgan fingerprint density at radius 1 is 1.13 bits per heavy atom. The van der Waals surface area contributed by atoms with Gasteiger partial charge in [0.1, 0.15) is 11.4 Å². The summed E-state index contributed by atoms with van der Waals surface area (Å²) in [5.74, 6) is -0.356. The van der Waals surface area contributed by atoms with Gasteiger partial charge in [-0.3, -0.25) is 0 Å². The third kappa shape index (κ3) is 5.20. The quantitative estimate of drug-likeness (QED) is 0.600. The highest BCUT2D eigenvalue weighted by atomic mass is 32.3. The molecule has 128 valence electrons. The monoisotopic (exact) mass is 344 g/mol. The fourth-order valence-corrected chi connectivity index (χ4v) is 3.28.